The molecule has 0 fully saturated rings. The number of hydrogen-bond acceptors (Lipinski definition) is 3. The van der Waals surface area contributed by atoms with E-state index in [-0.39, 0.29) is 12.3 Å². The highest BCUT2D eigenvalue weighted by Gasteiger charge is 2.05. The smallest absolute Gasteiger partial charge is 0.244 e. The summed E-state index contributed by atoms with van der Waals surface area (Å²) in [4.78, 5) is 11.8. The average Bonchev–Trinajstić information content (AvgIpc) is 3.06. The van der Waals surface area contributed by atoms with Crippen LogP contribution in [-0.4, -0.2) is 12.1 Å². The van der Waals surface area contributed by atoms with Crippen molar-refractivity contribution in [3.63, 3.8) is 0 Å². The standard InChI is InChI=1S/C19H14Cl2N2O2/c20-15-6-4-13(5-7-15)10-19(24)23-22-12-17-8-9-18(25-17)14-2-1-3-16(21)11-14/h1-9,11-12H,10H2,(H,23,24)/b22-12-. The minimum atomic E-state index is -0.222. The number of benzene rings is 2. The molecular weight excluding hydrogens is 359 g/mol. The predicted octanol–water partition coefficient (Wildman–Crippen LogP) is 4.95. The molecule has 0 atom stereocenters. The van der Waals surface area contributed by atoms with E-state index in [1.165, 1.54) is 6.21 Å². The molecule has 3 aromatic rings. The highest BCUT2D eigenvalue weighted by Crippen LogP contribution is 2.24. The maximum absolute atomic E-state index is 11.8. The Kier molecular flexibility index (Phi) is 5.53. The van der Waals surface area contributed by atoms with Crippen LogP contribution in [0.1, 0.15) is 11.3 Å². The highest BCUT2D eigenvalue weighted by molar-refractivity contribution is 6.31. The lowest BCUT2D eigenvalue weighted by Gasteiger charge is -2.00. The Labute approximate surface area is 155 Å². The Hall–Kier alpha value is -2.56. The van der Waals surface area contributed by atoms with E-state index in [9.17, 15) is 4.79 Å². The fourth-order valence-electron chi connectivity index (χ4n) is 2.21. The monoisotopic (exact) mass is 372 g/mol. The number of rotatable bonds is 5. The van der Waals surface area contributed by atoms with E-state index in [4.69, 9.17) is 27.6 Å². The second-order valence-electron chi connectivity index (χ2n) is 5.31. The molecule has 0 aliphatic rings. The minimum absolute atomic E-state index is 0.222. The molecule has 1 amide bonds. The van der Waals surface area contributed by atoms with E-state index >= 15 is 0 Å². The summed E-state index contributed by atoms with van der Waals surface area (Å²) in [6, 6.07) is 18.0. The van der Waals surface area contributed by atoms with Crippen molar-refractivity contribution in [3.8, 4) is 11.3 Å². The molecule has 25 heavy (non-hydrogen) atoms. The van der Waals surface area contributed by atoms with Gasteiger partial charge < -0.3 is 4.42 Å². The second kappa shape index (κ2) is 8.01. The number of furan rings is 1. The molecule has 3 rings (SSSR count). The third kappa shape index (κ3) is 4.95. The van der Waals surface area contributed by atoms with Crippen molar-refractivity contribution in [1.29, 1.82) is 0 Å². The molecule has 0 aliphatic heterocycles. The Morgan fingerprint density at radius 2 is 1.84 bits per heavy atom. The maximum atomic E-state index is 11.8. The molecular formula is C19H14Cl2N2O2. The molecule has 0 unspecified atom stereocenters. The predicted molar refractivity (Wildman–Crippen MR) is 100 cm³/mol. The Bertz CT molecular complexity index is 902. The van der Waals surface area contributed by atoms with E-state index in [2.05, 4.69) is 10.5 Å². The average molecular weight is 373 g/mol. The van der Waals surface area contributed by atoms with Crippen LogP contribution in [0.15, 0.2) is 70.2 Å². The van der Waals surface area contributed by atoms with Gasteiger partial charge in [-0.1, -0.05) is 47.5 Å². The lowest BCUT2D eigenvalue weighted by molar-refractivity contribution is -0.120. The number of nitrogens with zero attached hydrogens (tertiary/aromatic N) is 1. The van der Waals surface area contributed by atoms with Gasteiger partial charge in [-0.2, -0.15) is 5.10 Å². The summed E-state index contributed by atoms with van der Waals surface area (Å²) in [7, 11) is 0. The van der Waals surface area contributed by atoms with Crippen molar-refractivity contribution in [3.05, 3.63) is 82.0 Å². The van der Waals surface area contributed by atoms with Gasteiger partial charge in [0.1, 0.15) is 11.5 Å². The zero-order chi connectivity index (χ0) is 17.6. The first-order valence-corrected chi connectivity index (χ1v) is 8.28. The number of halogens is 2. The van der Waals surface area contributed by atoms with E-state index in [1.807, 2.05) is 24.3 Å². The van der Waals surface area contributed by atoms with Crippen molar-refractivity contribution >= 4 is 35.3 Å². The molecule has 0 aliphatic carbocycles. The van der Waals surface area contributed by atoms with Gasteiger partial charge in [-0.05, 0) is 42.0 Å². The van der Waals surface area contributed by atoms with E-state index in [0.29, 0.717) is 21.6 Å². The number of hydrogen-bond donors (Lipinski definition) is 1. The zero-order valence-corrected chi connectivity index (χ0v) is 14.6. The van der Waals surface area contributed by atoms with Crippen LogP contribution >= 0.6 is 23.2 Å². The molecule has 1 N–H and O–H groups in total. The van der Waals surface area contributed by atoms with Gasteiger partial charge in [0.2, 0.25) is 5.91 Å². The number of carbonyl (C=O) groups excluding carboxylic acids is 1. The minimum Gasteiger partial charge on any atom is -0.455 e. The molecule has 0 saturated heterocycles. The van der Waals surface area contributed by atoms with Crippen LogP contribution in [-0.2, 0) is 11.2 Å². The summed E-state index contributed by atoms with van der Waals surface area (Å²) in [6.07, 6.45) is 1.67. The van der Waals surface area contributed by atoms with Crippen molar-refractivity contribution in [2.24, 2.45) is 5.10 Å². The van der Waals surface area contributed by atoms with Crippen molar-refractivity contribution in [1.82, 2.24) is 5.43 Å². The first kappa shape index (κ1) is 17.3. The van der Waals surface area contributed by atoms with Gasteiger partial charge in [0.25, 0.3) is 0 Å². The molecule has 1 heterocycles. The van der Waals surface area contributed by atoms with Crippen LogP contribution in [0.2, 0.25) is 10.0 Å². The summed E-state index contributed by atoms with van der Waals surface area (Å²) in [5.74, 6) is 0.985. The molecule has 0 radical (unpaired) electrons. The lowest BCUT2D eigenvalue weighted by atomic mass is 10.1. The van der Waals surface area contributed by atoms with Crippen LogP contribution in [0.4, 0.5) is 0 Å². The Balaban J connectivity index is 1.57. The molecule has 0 saturated carbocycles. The summed E-state index contributed by atoms with van der Waals surface area (Å²) >= 11 is 11.8. The third-order valence-corrected chi connectivity index (χ3v) is 3.88. The van der Waals surface area contributed by atoms with E-state index in [0.717, 1.165) is 11.1 Å². The largest absolute Gasteiger partial charge is 0.455 e. The third-order valence-electron chi connectivity index (χ3n) is 3.39. The number of amides is 1. The topological polar surface area (TPSA) is 54.6 Å². The normalized spacial score (nSPS) is 11.0. The summed E-state index contributed by atoms with van der Waals surface area (Å²) < 4.78 is 5.66. The fraction of sp³-hybridized carbons (Fsp3) is 0.0526. The lowest BCUT2D eigenvalue weighted by Crippen LogP contribution is -2.19. The van der Waals surface area contributed by atoms with E-state index in [1.54, 1.807) is 36.4 Å². The van der Waals surface area contributed by atoms with Crippen molar-refractivity contribution < 1.29 is 9.21 Å². The van der Waals surface area contributed by atoms with Crippen molar-refractivity contribution in [2.45, 2.75) is 6.42 Å². The first-order valence-electron chi connectivity index (χ1n) is 7.52. The van der Waals surface area contributed by atoms with Gasteiger partial charge in [0, 0.05) is 15.6 Å². The molecule has 1 aromatic heterocycles. The number of carbonyl (C=O) groups is 1. The Morgan fingerprint density at radius 3 is 2.60 bits per heavy atom. The number of nitrogens with one attached hydrogen (secondary N) is 1. The van der Waals surface area contributed by atoms with Crippen LogP contribution in [0.25, 0.3) is 11.3 Å². The van der Waals surface area contributed by atoms with Crippen molar-refractivity contribution in [2.75, 3.05) is 0 Å². The SMILES string of the molecule is O=C(Cc1ccc(Cl)cc1)N/N=C\c1ccc(-c2cccc(Cl)c2)o1. The maximum Gasteiger partial charge on any atom is 0.244 e. The second-order valence-corrected chi connectivity index (χ2v) is 6.18. The number of hydrazone groups is 1. The molecule has 6 heteroatoms. The van der Waals surface area contributed by atoms with E-state index < -0.39 is 0 Å². The molecule has 2 aromatic carbocycles. The van der Waals surface area contributed by atoms with Gasteiger partial charge in [0.05, 0.1) is 12.6 Å². The summed E-state index contributed by atoms with van der Waals surface area (Å²) in [5, 5.41) is 5.18. The van der Waals surface area contributed by atoms with Crippen LogP contribution in [0, 0.1) is 0 Å². The summed E-state index contributed by atoms with van der Waals surface area (Å²) in [5.41, 5.74) is 4.20. The van der Waals surface area contributed by atoms with Crippen LogP contribution < -0.4 is 5.43 Å². The Morgan fingerprint density at radius 1 is 1.04 bits per heavy atom. The molecule has 0 bridgehead atoms. The van der Waals surface area contributed by atoms with Gasteiger partial charge in [0.15, 0.2) is 0 Å². The van der Waals surface area contributed by atoms with Crippen LogP contribution in [0.5, 0.6) is 0 Å². The van der Waals surface area contributed by atoms with Gasteiger partial charge in [-0.3, -0.25) is 4.79 Å². The zero-order valence-electron chi connectivity index (χ0n) is 13.1. The van der Waals surface area contributed by atoms with Gasteiger partial charge in [-0.15, -0.1) is 0 Å². The highest BCUT2D eigenvalue weighted by atomic mass is 35.5. The van der Waals surface area contributed by atoms with Gasteiger partial charge in [-0.25, -0.2) is 5.43 Å². The molecule has 0 spiro atoms. The summed E-state index contributed by atoms with van der Waals surface area (Å²) in [6.45, 7) is 0. The molecule has 126 valence electrons. The van der Waals surface area contributed by atoms with Gasteiger partial charge >= 0.3 is 0 Å². The fourth-order valence-corrected chi connectivity index (χ4v) is 2.53. The van der Waals surface area contributed by atoms with Crippen LogP contribution in [0.3, 0.4) is 0 Å². The quantitative estimate of drug-likeness (QED) is 0.508. The first-order chi connectivity index (χ1) is 12.1. The molecule has 4 nitrogen and oxygen atoms in total.